The van der Waals surface area contributed by atoms with Gasteiger partial charge in [-0.05, 0) is 72.8 Å². The van der Waals surface area contributed by atoms with Gasteiger partial charge in [-0.25, -0.2) is 0 Å². The number of fused-ring (bicyclic) bond motifs is 10. The van der Waals surface area contributed by atoms with Crippen LogP contribution in [-0.4, -0.2) is 0 Å². The van der Waals surface area contributed by atoms with Crippen LogP contribution >= 0.6 is 22.7 Å². The van der Waals surface area contributed by atoms with Crippen molar-refractivity contribution in [1.82, 2.24) is 0 Å². The molecular weight excluding hydrogens is 569 g/mol. The molecule has 2 heterocycles. The summed E-state index contributed by atoms with van der Waals surface area (Å²) in [5.41, 5.74) is 5.18. The van der Waals surface area contributed by atoms with Crippen LogP contribution < -0.4 is 0 Å². The largest absolute Gasteiger partial charge is 0.134 e. The Balaban J connectivity index is 1.29. The zero-order valence-corrected chi connectivity index (χ0v) is 25.3. The van der Waals surface area contributed by atoms with Crippen molar-refractivity contribution in [2.75, 3.05) is 0 Å². The minimum Gasteiger partial charge on any atom is -0.134 e. The zero-order chi connectivity index (χ0) is 28.8. The number of rotatable bonds is 2. The van der Waals surface area contributed by atoms with Crippen molar-refractivity contribution >= 4 is 95.3 Å². The average molecular weight is 593 g/mol. The van der Waals surface area contributed by atoms with Gasteiger partial charge in [0.2, 0.25) is 0 Å². The Morgan fingerprint density at radius 2 is 0.841 bits per heavy atom. The van der Waals surface area contributed by atoms with Crippen LogP contribution in [0, 0.1) is 0 Å². The van der Waals surface area contributed by atoms with E-state index in [-0.39, 0.29) is 0 Å². The van der Waals surface area contributed by atoms with Crippen LogP contribution in [0.1, 0.15) is 0 Å². The average Bonchev–Trinajstić information content (AvgIpc) is 3.65. The summed E-state index contributed by atoms with van der Waals surface area (Å²) in [6.45, 7) is 0. The summed E-state index contributed by atoms with van der Waals surface area (Å²) >= 11 is 3.85. The summed E-state index contributed by atoms with van der Waals surface area (Å²) in [5, 5.41) is 13.1. The summed E-state index contributed by atoms with van der Waals surface area (Å²) in [7, 11) is 0. The highest BCUT2D eigenvalue weighted by Crippen LogP contribution is 2.48. The van der Waals surface area contributed by atoms with Gasteiger partial charge in [0.05, 0.1) is 9.40 Å². The Hall–Kier alpha value is -5.02. The molecule has 0 saturated heterocycles. The number of thiophene rings is 2. The highest BCUT2D eigenvalue weighted by atomic mass is 32.1. The molecule has 204 valence electrons. The van der Waals surface area contributed by atoms with Crippen LogP contribution in [0.15, 0.2) is 146 Å². The van der Waals surface area contributed by atoms with Gasteiger partial charge >= 0.3 is 0 Å². The van der Waals surface area contributed by atoms with E-state index in [9.17, 15) is 0 Å². The zero-order valence-electron chi connectivity index (χ0n) is 23.7. The lowest BCUT2D eigenvalue weighted by Gasteiger charge is -2.19. The molecule has 2 heteroatoms. The molecule has 0 spiro atoms. The molecular formula is C42H24S2. The summed E-state index contributed by atoms with van der Waals surface area (Å²) in [6.07, 6.45) is 0. The maximum atomic E-state index is 2.44. The van der Waals surface area contributed by atoms with Crippen molar-refractivity contribution in [3.05, 3.63) is 146 Å². The molecule has 0 nitrogen and oxygen atoms in total. The third-order valence-corrected chi connectivity index (χ3v) is 11.8. The normalized spacial score (nSPS) is 12.1. The van der Waals surface area contributed by atoms with Crippen molar-refractivity contribution in [2.24, 2.45) is 0 Å². The van der Waals surface area contributed by atoms with E-state index in [0.717, 1.165) is 0 Å². The first-order valence-corrected chi connectivity index (χ1v) is 16.7. The molecule has 0 atom stereocenters. The Morgan fingerprint density at radius 1 is 0.318 bits per heavy atom. The van der Waals surface area contributed by atoms with Gasteiger partial charge in [0.25, 0.3) is 0 Å². The number of hydrogen-bond donors (Lipinski definition) is 0. The first-order valence-electron chi connectivity index (χ1n) is 15.0. The molecule has 0 aliphatic rings. The third kappa shape index (κ3) is 3.38. The first kappa shape index (κ1) is 24.4. The van der Waals surface area contributed by atoms with Crippen molar-refractivity contribution in [3.63, 3.8) is 0 Å². The van der Waals surface area contributed by atoms with Gasteiger partial charge in [0, 0.05) is 30.9 Å². The van der Waals surface area contributed by atoms with Gasteiger partial charge in [-0.2, -0.15) is 0 Å². The predicted molar refractivity (Wildman–Crippen MR) is 196 cm³/mol. The lowest BCUT2D eigenvalue weighted by atomic mass is 9.84. The summed E-state index contributed by atoms with van der Waals surface area (Å²) < 4.78 is 5.51. The van der Waals surface area contributed by atoms with E-state index >= 15 is 0 Å². The maximum Gasteiger partial charge on any atom is 0.0534 e. The highest BCUT2D eigenvalue weighted by molar-refractivity contribution is 7.33. The maximum absolute atomic E-state index is 2.44. The molecule has 0 fully saturated rings. The molecule has 0 N–H and O–H groups in total. The van der Waals surface area contributed by atoms with E-state index in [2.05, 4.69) is 146 Å². The fourth-order valence-electron chi connectivity index (χ4n) is 7.35. The molecule has 2 aromatic heterocycles. The minimum absolute atomic E-state index is 1.27. The summed E-state index contributed by atoms with van der Waals surface area (Å²) in [4.78, 5) is 0. The Labute approximate surface area is 262 Å². The molecule has 0 radical (unpaired) electrons. The van der Waals surface area contributed by atoms with Gasteiger partial charge in [-0.3, -0.25) is 0 Å². The lowest BCUT2D eigenvalue weighted by molar-refractivity contribution is 1.69. The minimum atomic E-state index is 1.27. The fourth-order valence-corrected chi connectivity index (χ4v) is 9.87. The van der Waals surface area contributed by atoms with E-state index < -0.39 is 0 Å². The lowest BCUT2D eigenvalue weighted by Crippen LogP contribution is -1.91. The number of benzene rings is 8. The second-order valence-corrected chi connectivity index (χ2v) is 13.7. The van der Waals surface area contributed by atoms with Crippen LogP contribution in [0.3, 0.4) is 0 Å². The van der Waals surface area contributed by atoms with Gasteiger partial charge in [-0.15, -0.1) is 22.7 Å². The topological polar surface area (TPSA) is 0 Å². The second-order valence-electron chi connectivity index (χ2n) is 11.6. The summed E-state index contributed by atoms with van der Waals surface area (Å²) in [5.74, 6) is 0. The van der Waals surface area contributed by atoms with E-state index in [1.165, 1.54) is 94.9 Å². The predicted octanol–water partition coefficient (Wildman–Crippen LogP) is 13.2. The van der Waals surface area contributed by atoms with E-state index in [0.29, 0.717) is 0 Å². The molecule has 10 aromatic rings. The Kier molecular flexibility index (Phi) is 5.13. The Bertz CT molecular complexity index is 2710. The van der Waals surface area contributed by atoms with Crippen LogP contribution in [0.5, 0.6) is 0 Å². The van der Waals surface area contributed by atoms with Crippen LogP contribution in [0.4, 0.5) is 0 Å². The van der Waals surface area contributed by atoms with Crippen molar-refractivity contribution < 1.29 is 0 Å². The smallest absolute Gasteiger partial charge is 0.0534 e. The third-order valence-electron chi connectivity index (χ3n) is 9.26. The van der Waals surface area contributed by atoms with Crippen molar-refractivity contribution in [2.45, 2.75) is 0 Å². The second kappa shape index (κ2) is 9.24. The van der Waals surface area contributed by atoms with Crippen molar-refractivity contribution in [3.8, 4) is 22.3 Å². The first-order chi connectivity index (χ1) is 21.8. The molecule has 0 aliphatic carbocycles. The van der Waals surface area contributed by atoms with Crippen molar-refractivity contribution in [1.29, 1.82) is 0 Å². The van der Waals surface area contributed by atoms with Gasteiger partial charge in [0.15, 0.2) is 0 Å². The molecule has 10 rings (SSSR count). The molecule has 0 bridgehead atoms. The van der Waals surface area contributed by atoms with E-state index in [1.54, 1.807) is 0 Å². The van der Waals surface area contributed by atoms with E-state index in [4.69, 9.17) is 0 Å². The van der Waals surface area contributed by atoms with Crippen LogP contribution in [-0.2, 0) is 0 Å². The Morgan fingerprint density at radius 3 is 1.55 bits per heavy atom. The monoisotopic (exact) mass is 592 g/mol. The molecule has 44 heavy (non-hydrogen) atoms. The molecule has 0 saturated carbocycles. The number of hydrogen-bond acceptors (Lipinski definition) is 2. The molecule has 0 unspecified atom stereocenters. The van der Waals surface area contributed by atoms with Crippen LogP contribution in [0.25, 0.3) is 94.9 Å². The fraction of sp³-hybridized carbons (Fsp3) is 0. The van der Waals surface area contributed by atoms with Gasteiger partial charge < -0.3 is 0 Å². The molecule has 0 amide bonds. The summed E-state index contributed by atoms with van der Waals surface area (Å²) in [6, 6.07) is 54.0. The molecule has 0 aliphatic heterocycles. The SMILES string of the molecule is c1ccc2c(-c3c4ccccc4c(-c4ccc5sc6c(ccc7c8ccccc8sc76)c5c4)c4ccccc34)cccc2c1. The van der Waals surface area contributed by atoms with Gasteiger partial charge in [-0.1, -0.05) is 127 Å². The van der Waals surface area contributed by atoms with Gasteiger partial charge in [0.1, 0.15) is 0 Å². The quantitative estimate of drug-likeness (QED) is 0.175. The van der Waals surface area contributed by atoms with E-state index in [1.807, 2.05) is 22.7 Å². The standard InChI is InChI=1S/C42H24S2/c1-2-12-27-25(10-1)11-9-18-29(27)40-32-16-5-3-14-30(32)39(31-15-4-6-17-33(31)40)26-20-23-38-36(24-26)35-22-21-34-28-13-7-8-19-37(28)43-41(34)42(35)44-38/h1-24H. The highest BCUT2D eigenvalue weighted by Gasteiger charge is 2.19. The van der Waals surface area contributed by atoms with Crippen LogP contribution in [0.2, 0.25) is 0 Å². The molecule has 8 aromatic carbocycles.